The van der Waals surface area contributed by atoms with Gasteiger partial charge in [0.05, 0.1) is 13.0 Å². The number of hydrogen-bond acceptors (Lipinski definition) is 6. The minimum atomic E-state index is -4.59. The van der Waals surface area contributed by atoms with Gasteiger partial charge in [-0.15, -0.1) is 11.3 Å². The highest BCUT2D eigenvalue weighted by Gasteiger charge is 2.44. The lowest BCUT2D eigenvalue weighted by molar-refractivity contribution is -0.141. The van der Waals surface area contributed by atoms with Gasteiger partial charge in [-0.05, 0) is 18.4 Å². The van der Waals surface area contributed by atoms with Crippen molar-refractivity contribution in [1.29, 1.82) is 0 Å². The van der Waals surface area contributed by atoms with E-state index in [1.54, 1.807) is 6.07 Å². The maximum atomic E-state index is 11.9. The van der Waals surface area contributed by atoms with Crippen LogP contribution in [0.3, 0.4) is 0 Å². The number of carbonyl (C=O) groups excluding carboxylic acids is 3. The molecule has 0 spiro atoms. The van der Waals surface area contributed by atoms with Crippen LogP contribution in [-0.2, 0) is 31.1 Å². The summed E-state index contributed by atoms with van der Waals surface area (Å²) in [5.74, 6) is -1.87. The number of nitrogens with one attached hydrogen (secondary N) is 2. The van der Waals surface area contributed by atoms with Crippen LogP contribution in [-0.4, -0.2) is 53.6 Å². The average molecular weight is 361 g/mol. The number of rotatable bonds is 6. The highest BCUT2D eigenvalue weighted by atomic mass is 32.2. The zero-order valence-electron chi connectivity index (χ0n) is 12.1. The molecular formula is C12H15N3O6S2. The molecule has 11 heteroatoms. The van der Waals surface area contributed by atoms with Crippen molar-refractivity contribution in [3.05, 3.63) is 22.4 Å². The topological polar surface area (TPSA) is 133 Å². The van der Waals surface area contributed by atoms with Gasteiger partial charge in [0.15, 0.2) is 0 Å². The second-order valence-corrected chi connectivity index (χ2v) is 7.32. The summed E-state index contributed by atoms with van der Waals surface area (Å²) in [6.45, 7) is 1.12. The first-order valence-corrected chi connectivity index (χ1v) is 8.87. The number of β-lactam (4-membered cyclic amide) rings is 1. The second kappa shape index (κ2) is 6.64. The van der Waals surface area contributed by atoms with E-state index >= 15 is 0 Å². The van der Waals surface area contributed by atoms with E-state index in [-0.39, 0.29) is 23.2 Å². The van der Waals surface area contributed by atoms with Crippen molar-refractivity contribution in [2.75, 3.05) is 6.54 Å². The van der Waals surface area contributed by atoms with Gasteiger partial charge in [0.25, 0.3) is 5.91 Å². The maximum Gasteiger partial charge on any atom is 0.362 e. The molecule has 1 saturated heterocycles. The molecular weight excluding hydrogens is 346 g/mol. The molecule has 0 saturated carbocycles. The summed E-state index contributed by atoms with van der Waals surface area (Å²) in [5.41, 5.74) is 0. The molecule has 0 bridgehead atoms. The fraction of sp³-hybridized carbons (Fsp3) is 0.417. The molecule has 2 heterocycles. The lowest BCUT2D eigenvalue weighted by Gasteiger charge is -2.35. The molecule has 1 aromatic heterocycles. The fourth-order valence-corrected chi connectivity index (χ4v) is 3.33. The minimum absolute atomic E-state index is 0.147. The van der Waals surface area contributed by atoms with E-state index in [4.69, 9.17) is 4.55 Å². The van der Waals surface area contributed by atoms with Crippen molar-refractivity contribution in [3.63, 3.8) is 0 Å². The number of thiophene rings is 1. The zero-order valence-corrected chi connectivity index (χ0v) is 13.7. The van der Waals surface area contributed by atoms with Gasteiger partial charge in [-0.1, -0.05) is 6.07 Å². The summed E-state index contributed by atoms with van der Waals surface area (Å²) in [5, 5.41) is 6.64. The lowest BCUT2D eigenvalue weighted by Crippen LogP contribution is -2.66. The summed E-state index contributed by atoms with van der Waals surface area (Å²) in [4.78, 5) is 36.0. The average Bonchev–Trinajstić information content (AvgIpc) is 2.93. The number of nitrogens with zero attached hydrogens (tertiary/aromatic N) is 1. The molecule has 2 atom stereocenters. The van der Waals surface area contributed by atoms with Crippen LogP contribution in [0.15, 0.2) is 17.5 Å². The highest BCUT2D eigenvalue weighted by Crippen LogP contribution is 2.14. The third kappa shape index (κ3) is 4.27. The molecule has 126 valence electrons. The van der Waals surface area contributed by atoms with E-state index in [0.29, 0.717) is 0 Å². The van der Waals surface area contributed by atoms with Crippen LogP contribution in [0.4, 0.5) is 0 Å². The van der Waals surface area contributed by atoms with Crippen LogP contribution in [0.25, 0.3) is 0 Å². The molecule has 0 aromatic carbocycles. The summed E-state index contributed by atoms with van der Waals surface area (Å²) >= 11 is 1.42. The molecule has 3 amide bonds. The van der Waals surface area contributed by atoms with Crippen molar-refractivity contribution >= 4 is 39.4 Å². The third-order valence-electron chi connectivity index (χ3n) is 3.17. The van der Waals surface area contributed by atoms with Crippen molar-refractivity contribution in [2.24, 2.45) is 0 Å². The Balaban J connectivity index is 1.80. The molecule has 2 rings (SSSR count). The van der Waals surface area contributed by atoms with E-state index in [1.807, 2.05) is 11.4 Å². The molecule has 1 fully saturated rings. The second-order valence-electron chi connectivity index (χ2n) is 4.95. The first kappa shape index (κ1) is 17.4. The Morgan fingerprint density at radius 2 is 2.22 bits per heavy atom. The Morgan fingerprint density at radius 3 is 2.74 bits per heavy atom. The lowest BCUT2D eigenvalue weighted by atomic mass is 10.1. The van der Waals surface area contributed by atoms with E-state index in [0.717, 1.165) is 4.88 Å². The predicted molar refractivity (Wildman–Crippen MR) is 80.8 cm³/mol. The van der Waals surface area contributed by atoms with E-state index in [9.17, 15) is 22.8 Å². The minimum Gasteiger partial charge on any atom is -0.344 e. The van der Waals surface area contributed by atoms with Crippen LogP contribution in [0.2, 0.25) is 0 Å². The quantitative estimate of drug-likeness (QED) is 0.436. The van der Waals surface area contributed by atoms with Gasteiger partial charge in [-0.25, -0.2) is 4.31 Å². The van der Waals surface area contributed by atoms with Gasteiger partial charge in [0, 0.05) is 4.88 Å². The Labute approximate surface area is 136 Å². The molecule has 1 aliphatic heterocycles. The normalized spacial score (nSPS) is 19.0. The molecule has 1 aliphatic rings. The molecule has 1 aromatic rings. The zero-order chi connectivity index (χ0) is 17.2. The number of hydrogen-bond donors (Lipinski definition) is 3. The van der Waals surface area contributed by atoms with Crippen molar-refractivity contribution in [1.82, 2.24) is 14.9 Å². The van der Waals surface area contributed by atoms with Crippen LogP contribution >= 0.6 is 11.3 Å². The summed E-state index contributed by atoms with van der Waals surface area (Å²) < 4.78 is 30.5. The van der Waals surface area contributed by atoms with Crippen LogP contribution in [0, 0.1) is 0 Å². The largest absolute Gasteiger partial charge is 0.362 e. The van der Waals surface area contributed by atoms with Crippen LogP contribution < -0.4 is 10.6 Å². The predicted octanol–water partition coefficient (Wildman–Crippen LogP) is -1.07. The van der Waals surface area contributed by atoms with Gasteiger partial charge in [0.2, 0.25) is 11.8 Å². The Morgan fingerprint density at radius 1 is 1.52 bits per heavy atom. The van der Waals surface area contributed by atoms with Crippen molar-refractivity contribution in [3.8, 4) is 0 Å². The molecule has 3 N–H and O–H groups in total. The molecule has 2 unspecified atom stereocenters. The SMILES string of the molecule is CC(NC(=O)Cc1cccs1)C(=O)NC1CN(S(=O)(=O)O)C1=O. The number of carbonyl (C=O) groups is 3. The molecule has 23 heavy (non-hydrogen) atoms. The third-order valence-corrected chi connectivity index (χ3v) is 4.94. The molecule has 9 nitrogen and oxygen atoms in total. The highest BCUT2D eigenvalue weighted by molar-refractivity contribution is 7.84. The summed E-state index contributed by atoms with van der Waals surface area (Å²) in [6, 6.07) is 1.70. The van der Waals surface area contributed by atoms with E-state index < -0.39 is 34.2 Å². The fourth-order valence-electron chi connectivity index (χ4n) is 1.94. The molecule has 0 aliphatic carbocycles. The van der Waals surface area contributed by atoms with Gasteiger partial charge in [0.1, 0.15) is 12.1 Å². The first-order chi connectivity index (χ1) is 10.7. The van der Waals surface area contributed by atoms with Crippen LogP contribution in [0.1, 0.15) is 11.8 Å². The van der Waals surface area contributed by atoms with Gasteiger partial charge >= 0.3 is 10.3 Å². The Hall–Kier alpha value is -1.98. The monoisotopic (exact) mass is 361 g/mol. The standard InChI is InChI=1S/C12H15N3O6S2/c1-7(13-10(16)5-8-3-2-4-22-8)11(17)14-9-6-15(12(9)18)23(19,20)21/h2-4,7,9H,5-6H2,1H3,(H,13,16)(H,14,17)(H,19,20,21). The Kier molecular flexibility index (Phi) is 5.02. The number of amides is 3. The Bertz CT molecular complexity index is 715. The van der Waals surface area contributed by atoms with Gasteiger partial charge in [-0.3, -0.25) is 18.9 Å². The van der Waals surface area contributed by atoms with Crippen LogP contribution in [0.5, 0.6) is 0 Å². The summed E-state index contributed by atoms with van der Waals surface area (Å²) in [6.07, 6.45) is 0.147. The summed E-state index contributed by atoms with van der Waals surface area (Å²) in [7, 11) is -4.59. The van der Waals surface area contributed by atoms with Gasteiger partial charge in [-0.2, -0.15) is 8.42 Å². The van der Waals surface area contributed by atoms with E-state index in [1.165, 1.54) is 18.3 Å². The first-order valence-electron chi connectivity index (χ1n) is 6.59. The van der Waals surface area contributed by atoms with Crippen molar-refractivity contribution < 1.29 is 27.4 Å². The molecule has 0 radical (unpaired) electrons. The van der Waals surface area contributed by atoms with Crippen molar-refractivity contribution in [2.45, 2.75) is 25.4 Å². The van der Waals surface area contributed by atoms with E-state index in [2.05, 4.69) is 10.6 Å². The smallest absolute Gasteiger partial charge is 0.344 e. The maximum absolute atomic E-state index is 11.9. The van der Waals surface area contributed by atoms with Gasteiger partial charge < -0.3 is 10.6 Å².